The summed E-state index contributed by atoms with van der Waals surface area (Å²) in [6.45, 7) is 0. The smallest absolute Gasteiger partial charge is 0.225 e. The fourth-order valence-corrected chi connectivity index (χ4v) is 1.84. The van der Waals surface area contributed by atoms with Crippen molar-refractivity contribution in [3.8, 4) is 5.75 Å². The van der Waals surface area contributed by atoms with Crippen LogP contribution in [-0.4, -0.2) is 0 Å². The first-order valence-electron chi connectivity index (χ1n) is 5.11. The molecule has 0 N–H and O–H groups in total. The van der Waals surface area contributed by atoms with Gasteiger partial charge < -0.3 is 4.52 Å². The van der Waals surface area contributed by atoms with Crippen molar-refractivity contribution in [2.75, 3.05) is 0 Å². The van der Waals surface area contributed by atoms with Crippen LogP contribution >= 0.6 is 8.69 Å². The van der Waals surface area contributed by atoms with Gasteiger partial charge in [-0.3, -0.25) is 4.57 Å². The highest BCUT2D eigenvalue weighted by atomic mass is 31.1. The van der Waals surface area contributed by atoms with E-state index >= 15 is 0 Å². The van der Waals surface area contributed by atoms with Crippen molar-refractivity contribution in [2.24, 2.45) is 0 Å². The van der Waals surface area contributed by atoms with E-state index in [0.29, 0.717) is 5.75 Å². The monoisotopic (exact) mass is 232 g/mol. The van der Waals surface area contributed by atoms with Gasteiger partial charge in [0, 0.05) is 0 Å². The lowest BCUT2D eigenvalue weighted by molar-refractivity contribution is 0.525. The van der Waals surface area contributed by atoms with E-state index in [-0.39, 0.29) is 0 Å². The van der Waals surface area contributed by atoms with E-state index in [9.17, 15) is 4.57 Å². The van der Waals surface area contributed by atoms with Gasteiger partial charge in [0.25, 0.3) is 0 Å². The summed E-state index contributed by atoms with van der Waals surface area (Å²) in [5.74, 6) is 0.668. The molecule has 2 aromatic rings. The zero-order chi connectivity index (χ0) is 11.2. The fraction of sp³-hybridized carbons (Fsp3) is 0.0769. The normalized spacial score (nSPS) is 10.8. The second-order valence-corrected chi connectivity index (χ2v) is 3.95. The zero-order valence-electron chi connectivity index (χ0n) is 8.80. The standard InChI is InChI=1S/C13H13O2P/c14-16-15-13-8-6-12(7-9-13)10-11-4-2-1-3-5-11/h1-9H,10,16H2. The van der Waals surface area contributed by atoms with E-state index in [1.165, 1.54) is 11.1 Å². The Bertz CT molecular complexity index is 451. The molecule has 0 heterocycles. The lowest BCUT2D eigenvalue weighted by Gasteiger charge is -2.03. The van der Waals surface area contributed by atoms with Crippen molar-refractivity contribution >= 4 is 8.69 Å². The first kappa shape index (κ1) is 11.0. The molecular formula is C13H13O2P. The van der Waals surface area contributed by atoms with E-state index in [4.69, 9.17) is 4.52 Å². The van der Waals surface area contributed by atoms with E-state index in [0.717, 1.165) is 6.42 Å². The highest BCUT2D eigenvalue weighted by molar-refractivity contribution is 7.17. The van der Waals surface area contributed by atoms with E-state index in [1.807, 2.05) is 42.5 Å². The number of hydrogen-bond acceptors (Lipinski definition) is 2. The van der Waals surface area contributed by atoms with Crippen LogP contribution in [0.1, 0.15) is 11.1 Å². The Labute approximate surface area is 96.2 Å². The van der Waals surface area contributed by atoms with E-state index in [1.54, 1.807) is 0 Å². The van der Waals surface area contributed by atoms with Crippen molar-refractivity contribution in [1.29, 1.82) is 0 Å². The number of benzene rings is 2. The molecule has 16 heavy (non-hydrogen) atoms. The van der Waals surface area contributed by atoms with Crippen LogP contribution in [0.4, 0.5) is 0 Å². The Hall–Kier alpha value is -1.53. The third-order valence-electron chi connectivity index (χ3n) is 2.36. The van der Waals surface area contributed by atoms with Crippen molar-refractivity contribution in [1.82, 2.24) is 0 Å². The van der Waals surface area contributed by atoms with Crippen LogP contribution in [0.5, 0.6) is 5.75 Å². The van der Waals surface area contributed by atoms with Crippen LogP contribution < -0.4 is 4.52 Å². The second-order valence-electron chi connectivity index (χ2n) is 3.52. The van der Waals surface area contributed by atoms with Gasteiger partial charge in [-0.05, 0) is 29.7 Å². The van der Waals surface area contributed by atoms with Crippen molar-refractivity contribution < 1.29 is 9.09 Å². The van der Waals surface area contributed by atoms with Crippen LogP contribution in [0.25, 0.3) is 0 Å². The maximum Gasteiger partial charge on any atom is 0.225 e. The van der Waals surface area contributed by atoms with Crippen LogP contribution in [0.2, 0.25) is 0 Å². The summed E-state index contributed by atoms with van der Waals surface area (Å²) in [4.78, 5) is 0. The summed E-state index contributed by atoms with van der Waals surface area (Å²) in [6.07, 6.45) is 0.908. The van der Waals surface area contributed by atoms with Gasteiger partial charge in [-0.1, -0.05) is 42.5 Å². The molecule has 1 atom stereocenters. The average molecular weight is 232 g/mol. The van der Waals surface area contributed by atoms with E-state index < -0.39 is 8.69 Å². The summed E-state index contributed by atoms with van der Waals surface area (Å²) in [5.41, 5.74) is 2.50. The molecule has 0 bridgehead atoms. The summed E-state index contributed by atoms with van der Waals surface area (Å²) >= 11 is 0. The zero-order valence-corrected chi connectivity index (χ0v) is 9.95. The number of rotatable bonds is 4. The first-order chi connectivity index (χ1) is 7.88. The summed E-state index contributed by atoms with van der Waals surface area (Å²) in [5, 5.41) is 0. The third kappa shape index (κ3) is 2.98. The summed E-state index contributed by atoms with van der Waals surface area (Å²) < 4.78 is 15.3. The van der Waals surface area contributed by atoms with E-state index in [2.05, 4.69) is 12.1 Å². The lowest BCUT2D eigenvalue weighted by atomic mass is 10.1. The van der Waals surface area contributed by atoms with Crippen LogP contribution in [0, 0.1) is 0 Å². The Morgan fingerprint density at radius 3 is 2.12 bits per heavy atom. The quantitative estimate of drug-likeness (QED) is 0.756. The molecule has 0 aliphatic heterocycles. The molecule has 2 aromatic carbocycles. The van der Waals surface area contributed by atoms with Gasteiger partial charge in [-0.15, -0.1) is 0 Å². The largest absolute Gasteiger partial charge is 0.447 e. The molecule has 1 unspecified atom stereocenters. The minimum Gasteiger partial charge on any atom is -0.447 e. The van der Waals surface area contributed by atoms with Crippen LogP contribution in [0.15, 0.2) is 54.6 Å². The van der Waals surface area contributed by atoms with Crippen LogP contribution in [0.3, 0.4) is 0 Å². The topological polar surface area (TPSA) is 26.3 Å². The highest BCUT2D eigenvalue weighted by Crippen LogP contribution is 2.17. The molecule has 0 aliphatic carbocycles. The Morgan fingerprint density at radius 2 is 1.50 bits per heavy atom. The Kier molecular flexibility index (Phi) is 3.79. The predicted octanol–water partition coefficient (Wildman–Crippen LogP) is 3.33. The molecule has 0 aliphatic rings. The lowest BCUT2D eigenvalue weighted by Crippen LogP contribution is -1.87. The molecule has 0 spiro atoms. The van der Waals surface area contributed by atoms with Gasteiger partial charge in [0.05, 0.1) is 0 Å². The maximum absolute atomic E-state index is 10.3. The fourth-order valence-electron chi connectivity index (χ4n) is 1.57. The van der Waals surface area contributed by atoms with Crippen molar-refractivity contribution in [2.45, 2.75) is 6.42 Å². The Balaban J connectivity index is 2.08. The molecule has 2 rings (SSSR count). The minimum atomic E-state index is -1.17. The molecule has 0 saturated heterocycles. The maximum atomic E-state index is 10.3. The summed E-state index contributed by atoms with van der Waals surface area (Å²) in [7, 11) is -1.17. The highest BCUT2D eigenvalue weighted by Gasteiger charge is 1.96. The number of hydrogen-bond donors (Lipinski definition) is 0. The molecule has 0 amide bonds. The molecule has 3 heteroatoms. The second kappa shape index (κ2) is 5.53. The Morgan fingerprint density at radius 1 is 0.875 bits per heavy atom. The van der Waals surface area contributed by atoms with Crippen LogP contribution in [-0.2, 0) is 11.0 Å². The van der Waals surface area contributed by atoms with Gasteiger partial charge >= 0.3 is 0 Å². The molecule has 0 saturated carbocycles. The van der Waals surface area contributed by atoms with Gasteiger partial charge in [0.1, 0.15) is 5.75 Å². The minimum absolute atomic E-state index is 0.668. The SMILES string of the molecule is O=[PH2]Oc1ccc(Cc2ccccc2)cc1. The molecule has 2 nitrogen and oxygen atoms in total. The molecular weight excluding hydrogens is 219 g/mol. The van der Waals surface area contributed by atoms with Crippen molar-refractivity contribution in [3.63, 3.8) is 0 Å². The van der Waals surface area contributed by atoms with Gasteiger partial charge in [0.2, 0.25) is 8.69 Å². The molecule has 0 fully saturated rings. The predicted molar refractivity (Wildman–Crippen MR) is 66.7 cm³/mol. The van der Waals surface area contributed by atoms with Gasteiger partial charge in [-0.2, -0.15) is 0 Å². The third-order valence-corrected chi connectivity index (χ3v) is 2.73. The van der Waals surface area contributed by atoms with Crippen molar-refractivity contribution in [3.05, 3.63) is 65.7 Å². The molecule has 0 aromatic heterocycles. The summed E-state index contributed by atoms with van der Waals surface area (Å²) in [6, 6.07) is 18.0. The first-order valence-corrected chi connectivity index (χ1v) is 6.06. The molecule has 82 valence electrons. The van der Waals surface area contributed by atoms with Gasteiger partial charge in [0.15, 0.2) is 0 Å². The molecule has 0 radical (unpaired) electrons. The van der Waals surface area contributed by atoms with Gasteiger partial charge in [-0.25, -0.2) is 0 Å². The average Bonchev–Trinajstić information content (AvgIpc) is 2.33.